The Labute approximate surface area is 125 Å². The maximum Gasteiger partial charge on any atom is 0.161 e. The summed E-state index contributed by atoms with van der Waals surface area (Å²) >= 11 is 0. The van der Waals surface area contributed by atoms with Gasteiger partial charge in [0, 0.05) is 6.20 Å². The standard InChI is InChI=1S/C17H22N2O2/c1-3-20-16-9-8-13(12-17(16)21-4-2)11-14(18)15-7-5-6-10-19-15/h5-10,12,14H,3-4,11,18H2,1-2H3. The molecule has 0 aliphatic heterocycles. The molecule has 0 saturated heterocycles. The third kappa shape index (κ3) is 4.20. The lowest BCUT2D eigenvalue weighted by Gasteiger charge is -2.15. The van der Waals surface area contributed by atoms with Crippen molar-refractivity contribution in [2.45, 2.75) is 26.3 Å². The molecule has 2 N–H and O–H groups in total. The first-order valence-corrected chi connectivity index (χ1v) is 7.29. The molecule has 0 fully saturated rings. The van der Waals surface area contributed by atoms with Crippen LogP contribution in [0.25, 0.3) is 0 Å². The molecule has 1 aromatic heterocycles. The van der Waals surface area contributed by atoms with Crippen molar-refractivity contribution >= 4 is 0 Å². The predicted molar refractivity (Wildman–Crippen MR) is 83.6 cm³/mol. The van der Waals surface area contributed by atoms with Gasteiger partial charge in [0.1, 0.15) is 0 Å². The summed E-state index contributed by atoms with van der Waals surface area (Å²) in [5.41, 5.74) is 8.22. The molecule has 1 aromatic carbocycles. The maximum absolute atomic E-state index is 6.21. The van der Waals surface area contributed by atoms with Crippen LogP contribution in [0.15, 0.2) is 42.6 Å². The van der Waals surface area contributed by atoms with Crippen molar-refractivity contribution in [3.8, 4) is 11.5 Å². The van der Waals surface area contributed by atoms with Crippen molar-refractivity contribution < 1.29 is 9.47 Å². The smallest absolute Gasteiger partial charge is 0.161 e. The summed E-state index contributed by atoms with van der Waals surface area (Å²) in [4.78, 5) is 4.30. The highest BCUT2D eigenvalue weighted by Gasteiger charge is 2.11. The van der Waals surface area contributed by atoms with Crippen LogP contribution in [-0.4, -0.2) is 18.2 Å². The van der Waals surface area contributed by atoms with Crippen LogP contribution in [0, 0.1) is 0 Å². The van der Waals surface area contributed by atoms with E-state index in [1.807, 2.05) is 50.2 Å². The molecule has 2 aromatic rings. The van der Waals surface area contributed by atoms with Crippen LogP contribution in [0.3, 0.4) is 0 Å². The van der Waals surface area contributed by atoms with Crippen molar-refractivity contribution in [1.29, 1.82) is 0 Å². The monoisotopic (exact) mass is 286 g/mol. The van der Waals surface area contributed by atoms with E-state index in [1.54, 1.807) is 6.20 Å². The fourth-order valence-electron chi connectivity index (χ4n) is 2.18. The SMILES string of the molecule is CCOc1ccc(CC(N)c2ccccn2)cc1OCC. The lowest BCUT2D eigenvalue weighted by atomic mass is 10.0. The van der Waals surface area contributed by atoms with Crippen LogP contribution >= 0.6 is 0 Å². The Morgan fingerprint density at radius 3 is 2.48 bits per heavy atom. The van der Waals surface area contributed by atoms with Crippen molar-refractivity contribution in [2.75, 3.05) is 13.2 Å². The Balaban J connectivity index is 2.14. The Kier molecular flexibility index (Phi) is 5.58. The Hall–Kier alpha value is -2.07. The minimum Gasteiger partial charge on any atom is -0.490 e. The highest BCUT2D eigenvalue weighted by molar-refractivity contribution is 5.43. The molecule has 0 spiro atoms. The van der Waals surface area contributed by atoms with Crippen molar-refractivity contribution in [1.82, 2.24) is 4.98 Å². The second kappa shape index (κ2) is 7.64. The molecule has 0 saturated carbocycles. The van der Waals surface area contributed by atoms with E-state index in [-0.39, 0.29) is 6.04 Å². The number of nitrogens with zero attached hydrogens (tertiary/aromatic N) is 1. The summed E-state index contributed by atoms with van der Waals surface area (Å²) in [5, 5.41) is 0. The number of pyridine rings is 1. The van der Waals surface area contributed by atoms with Gasteiger partial charge in [0.2, 0.25) is 0 Å². The maximum atomic E-state index is 6.21. The second-order valence-corrected chi connectivity index (χ2v) is 4.71. The van der Waals surface area contributed by atoms with Crippen LogP contribution in [0.1, 0.15) is 31.1 Å². The quantitative estimate of drug-likeness (QED) is 0.849. The molecule has 112 valence electrons. The second-order valence-electron chi connectivity index (χ2n) is 4.71. The molecule has 1 atom stereocenters. The number of hydrogen-bond acceptors (Lipinski definition) is 4. The summed E-state index contributed by atoms with van der Waals surface area (Å²) in [6, 6.07) is 11.6. The summed E-state index contributed by atoms with van der Waals surface area (Å²) < 4.78 is 11.2. The zero-order valence-corrected chi connectivity index (χ0v) is 12.6. The first-order chi connectivity index (χ1) is 10.2. The van der Waals surface area contributed by atoms with E-state index in [0.29, 0.717) is 19.6 Å². The summed E-state index contributed by atoms with van der Waals surface area (Å²) in [6.45, 7) is 5.14. The third-order valence-electron chi connectivity index (χ3n) is 3.13. The van der Waals surface area contributed by atoms with Gasteiger partial charge in [-0.25, -0.2) is 0 Å². The van der Waals surface area contributed by atoms with Crippen molar-refractivity contribution in [3.63, 3.8) is 0 Å². The van der Waals surface area contributed by atoms with E-state index in [1.165, 1.54) is 0 Å². The van der Waals surface area contributed by atoms with Crippen molar-refractivity contribution in [2.24, 2.45) is 5.73 Å². The first kappa shape index (κ1) is 15.3. The van der Waals surface area contributed by atoms with Crippen LogP contribution in [0.2, 0.25) is 0 Å². The Morgan fingerprint density at radius 1 is 1.05 bits per heavy atom. The van der Waals surface area contributed by atoms with Gasteiger partial charge >= 0.3 is 0 Å². The zero-order valence-electron chi connectivity index (χ0n) is 12.6. The number of aromatic nitrogens is 1. The van der Waals surface area contributed by atoms with E-state index >= 15 is 0 Å². The van der Waals surface area contributed by atoms with Gasteiger partial charge in [-0.05, 0) is 50.1 Å². The van der Waals surface area contributed by atoms with E-state index in [0.717, 1.165) is 22.8 Å². The van der Waals surface area contributed by atoms with Gasteiger partial charge in [0.25, 0.3) is 0 Å². The topological polar surface area (TPSA) is 57.4 Å². The highest BCUT2D eigenvalue weighted by Crippen LogP contribution is 2.29. The molecule has 0 bridgehead atoms. The summed E-state index contributed by atoms with van der Waals surface area (Å²) in [6.07, 6.45) is 2.47. The molecule has 0 aliphatic carbocycles. The largest absolute Gasteiger partial charge is 0.490 e. The number of hydrogen-bond donors (Lipinski definition) is 1. The molecular formula is C17H22N2O2. The summed E-state index contributed by atoms with van der Waals surface area (Å²) in [7, 11) is 0. The number of benzene rings is 1. The number of nitrogens with two attached hydrogens (primary N) is 1. The van der Waals surface area contributed by atoms with E-state index < -0.39 is 0 Å². The lowest BCUT2D eigenvalue weighted by Crippen LogP contribution is -2.14. The van der Waals surface area contributed by atoms with Gasteiger partial charge in [-0.3, -0.25) is 4.98 Å². The highest BCUT2D eigenvalue weighted by atomic mass is 16.5. The van der Waals surface area contributed by atoms with E-state index in [9.17, 15) is 0 Å². The Morgan fingerprint density at radius 2 is 1.81 bits per heavy atom. The molecule has 0 radical (unpaired) electrons. The van der Waals surface area contributed by atoms with Crippen LogP contribution in [0.4, 0.5) is 0 Å². The van der Waals surface area contributed by atoms with Gasteiger partial charge < -0.3 is 15.2 Å². The average molecular weight is 286 g/mol. The molecule has 1 heterocycles. The molecule has 4 heteroatoms. The fourth-order valence-corrected chi connectivity index (χ4v) is 2.18. The van der Waals surface area contributed by atoms with E-state index in [4.69, 9.17) is 15.2 Å². The van der Waals surface area contributed by atoms with Gasteiger partial charge in [0.05, 0.1) is 24.9 Å². The molecule has 21 heavy (non-hydrogen) atoms. The van der Waals surface area contributed by atoms with Gasteiger partial charge in [-0.1, -0.05) is 12.1 Å². The number of rotatable bonds is 7. The Bertz CT molecular complexity index is 558. The third-order valence-corrected chi connectivity index (χ3v) is 3.13. The molecule has 2 rings (SSSR count). The average Bonchev–Trinajstić information content (AvgIpc) is 2.51. The lowest BCUT2D eigenvalue weighted by molar-refractivity contribution is 0.287. The number of ether oxygens (including phenoxy) is 2. The molecule has 4 nitrogen and oxygen atoms in total. The van der Waals surface area contributed by atoms with E-state index in [2.05, 4.69) is 4.98 Å². The van der Waals surface area contributed by atoms with Crippen LogP contribution in [-0.2, 0) is 6.42 Å². The molecule has 0 aliphatic rings. The normalized spacial score (nSPS) is 12.0. The van der Waals surface area contributed by atoms with Crippen LogP contribution < -0.4 is 15.2 Å². The molecule has 1 unspecified atom stereocenters. The minimum atomic E-state index is -0.126. The van der Waals surface area contributed by atoms with Gasteiger partial charge in [-0.2, -0.15) is 0 Å². The van der Waals surface area contributed by atoms with Crippen LogP contribution in [0.5, 0.6) is 11.5 Å². The molecule has 0 amide bonds. The minimum absolute atomic E-state index is 0.126. The molecular weight excluding hydrogens is 264 g/mol. The fraction of sp³-hybridized carbons (Fsp3) is 0.353. The van der Waals surface area contributed by atoms with Gasteiger partial charge in [0.15, 0.2) is 11.5 Å². The zero-order chi connectivity index (χ0) is 15.1. The predicted octanol–water partition coefficient (Wildman–Crippen LogP) is 3.12. The van der Waals surface area contributed by atoms with Crippen molar-refractivity contribution in [3.05, 3.63) is 53.9 Å². The first-order valence-electron chi connectivity index (χ1n) is 7.29. The van der Waals surface area contributed by atoms with Gasteiger partial charge in [-0.15, -0.1) is 0 Å². The summed E-state index contributed by atoms with van der Waals surface area (Å²) in [5.74, 6) is 1.54.